The van der Waals surface area contributed by atoms with Gasteiger partial charge in [0.1, 0.15) is 6.04 Å². The van der Waals surface area contributed by atoms with Gasteiger partial charge in [0.05, 0.1) is 5.88 Å². The van der Waals surface area contributed by atoms with Crippen molar-refractivity contribution in [3.8, 4) is 0 Å². The van der Waals surface area contributed by atoms with E-state index in [0.29, 0.717) is 5.88 Å². The molecule has 88 valence electrons. The molecule has 1 saturated carbocycles. The Bertz CT molecular complexity index is 306. The summed E-state index contributed by atoms with van der Waals surface area (Å²) in [7, 11) is 0. The molecule has 3 fully saturated rings. The number of urea groups is 1. The molecule has 1 atom stereocenters. The van der Waals surface area contributed by atoms with Crippen molar-refractivity contribution in [3.63, 3.8) is 0 Å². The van der Waals surface area contributed by atoms with Crippen LogP contribution < -0.4 is 0 Å². The summed E-state index contributed by atoms with van der Waals surface area (Å²) in [5, 5.41) is 0. The Balaban J connectivity index is 1.80. The molecule has 1 aliphatic carbocycles. The quantitative estimate of drug-likeness (QED) is 0.654. The van der Waals surface area contributed by atoms with Gasteiger partial charge in [-0.05, 0) is 12.8 Å². The number of carbonyl (C=O) groups excluding carboxylic acids is 2. The first-order chi connectivity index (χ1) is 7.79. The summed E-state index contributed by atoms with van der Waals surface area (Å²) in [5.41, 5.74) is 0. The maximum atomic E-state index is 12.1. The van der Waals surface area contributed by atoms with Crippen molar-refractivity contribution in [1.82, 2.24) is 9.80 Å². The Kier molecular flexibility index (Phi) is 2.58. The van der Waals surface area contributed by atoms with Gasteiger partial charge >= 0.3 is 6.03 Å². The number of imide groups is 1. The van der Waals surface area contributed by atoms with E-state index < -0.39 is 0 Å². The Labute approximate surface area is 99.3 Å². The second-order valence-corrected chi connectivity index (χ2v) is 5.77. The van der Waals surface area contributed by atoms with Gasteiger partial charge in [-0.1, -0.05) is 19.3 Å². The molecule has 0 aromatic rings. The van der Waals surface area contributed by atoms with Gasteiger partial charge in [-0.2, -0.15) is 0 Å². The van der Waals surface area contributed by atoms with E-state index in [2.05, 4.69) is 0 Å². The molecule has 0 aromatic carbocycles. The van der Waals surface area contributed by atoms with Gasteiger partial charge < -0.3 is 4.90 Å². The Hall–Kier alpha value is -0.710. The van der Waals surface area contributed by atoms with Crippen LogP contribution in [-0.4, -0.2) is 45.5 Å². The van der Waals surface area contributed by atoms with Gasteiger partial charge in [-0.25, -0.2) is 4.79 Å². The predicted molar refractivity (Wildman–Crippen MR) is 62.1 cm³/mol. The molecule has 3 amide bonds. The molecule has 2 heterocycles. The summed E-state index contributed by atoms with van der Waals surface area (Å²) in [6.45, 7) is 0. The number of amides is 3. The molecule has 1 unspecified atom stereocenters. The normalized spacial score (nSPS) is 31.4. The molecule has 16 heavy (non-hydrogen) atoms. The summed E-state index contributed by atoms with van der Waals surface area (Å²) in [6, 6.07) is -0.00400. The first-order valence-corrected chi connectivity index (χ1v) is 7.16. The van der Waals surface area contributed by atoms with E-state index in [1.165, 1.54) is 6.42 Å². The summed E-state index contributed by atoms with van der Waals surface area (Å²) >= 11 is 1.68. The number of hydrogen-bond acceptors (Lipinski definition) is 3. The Morgan fingerprint density at radius 3 is 2.56 bits per heavy atom. The lowest BCUT2D eigenvalue weighted by atomic mass is 9.94. The number of thioether (sulfide) groups is 1. The van der Waals surface area contributed by atoms with Gasteiger partial charge in [0.15, 0.2) is 0 Å². The van der Waals surface area contributed by atoms with Crippen LogP contribution in [0.1, 0.15) is 32.1 Å². The molecular formula is C11H16N2O2S. The van der Waals surface area contributed by atoms with Crippen LogP contribution in [0.5, 0.6) is 0 Å². The predicted octanol–water partition coefficient (Wildman–Crippen LogP) is 1.66. The highest BCUT2D eigenvalue weighted by Crippen LogP contribution is 2.33. The summed E-state index contributed by atoms with van der Waals surface area (Å²) in [5.74, 6) is 1.54. The van der Waals surface area contributed by atoms with Crippen LogP contribution in [0.2, 0.25) is 0 Å². The van der Waals surface area contributed by atoms with E-state index in [4.69, 9.17) is 0 Å². The standard InChI is InChI=1S/C11H16N2O2S/c14-10-9-6-16-7-12(9)11(15)13(10)8-4-2-1-3-5-8/h8-9H,1-7H2. The third-order valence-corrected chi connectivity index (χ3v) is 4.81. The molecule has 3 rings (SSSR count). The fourth-order valence-electron chi connectivity index (χ4n) is 2.90. The van der Waals surface area contributed by atoms with Crippen LogP contribution >= 0.6 is 11.8 Å². The minimum absolute atomic E-state index is 0.0353. The van der Waals surface area contributed by atoms with Crippen LogP contribution in [0.25, 0.3) is 0 Å². The molecule has 5 heteroatoms. The summed E-state index contributed by atoms with van der Waals surface area (Å²) in [4.78, 5) is 27.6. The Morgan fingerprint density at radius 1 is 1.12 bits per heavy atom. The van der Waals surface area contributed by atoms with Crippen molar-refractivity contribution in [3.05, 3.63) is 0 Å². The zero-order valence-electron chi connectivity index (χ0n) is 9.22. The second kappa shape index (κ2) is 3.95. The number of carbonyl (C=O) groups is 2. The van der Waals surface area contributed by atoms with Crippen molar-refractivity contribution < 1.29 is 9.59 Å². The van der Waals surface area contributed by atoms with Crippen molar-refractivity contribution in [1.29, 1.82) is 0 Å². The fraction of sp³-hybridized carbons (Fsp3) is 0.818. The highest BCUT2D eigenvalue weighted by Gasteiger charge is 2.50. The SMILES string of the molecule is O=C1C2CSCN2C(=O)N1C1CCCCC1. The molecular weight excluding hydrogens is 224 g/mol. The van der Waals surface area contributed by atoms with Crippen LogP contribution in [0.4, 0.5) is 4.79 Å². The second-order valence-electron chi connectivity index (χ2n) is 4.77. The van der Waals surface area contributed by atoms with E-state index in [1.807, 2.05) is 0 Å². The molecule has 0 aromatic heterocycles. The topological polar surface area (TPSA) is 40.6 Å². The lowest BCUT2D eigenvalue weighted by Gasteiger charge is -2.29. The van der Waals surface area contributed by atoms with Crippen LogP contribution in [0.15, 0.2) is 0 Å². The van der Waals surface area contributed by atoms with Crippen molar-refractivity contribution in [2.45, 2.75) is 44.2 Å². The highest BCUT2D eigenvalue weighted by atomic mass is 32.2. The average molecular weight is 240 g/mol. The lowest BCUT2D eigenvalue weighted by molar-refractivity contribution is -0.129. The van der Waals surface area contributed by atoms with Crippen molar-refractivity contribution in [2.75, 3.05) is 11.6 Å². The van der Waals surface area contributed by atoms with Gasteiger partial charge in [-0.15, -0.1) is 11.8 Å². The smallest absolute Gasteiger partial charge is 0.302 e. The summed E-state index contributed by atoms with van der Waals surface area (Å²) in [6.07, 6.45) is 5.56. The minimum Gasteiger partial charge on any atom is -0.302 e. The maximum Gasteiger partial charge on any atom is 0.328 e. The third kappa shape index (κ3) is 1.44. The molecule has 3 aliphatic rings. The minimum atomic E-state index is -0.153. The zero-order valence-corrected chi connectivity index (χ0v) is 10.0. The highest BCUT2D eigenvalue weighted by molar-refractivity contribution is 7.99. The van der Waals surface area contributed by atoms with E-state index in [9.17, 15) is 9.59 Å². The first-order valence-electron chi connectivity index (χ1n) is 6.00. The van der Waals surface area contributed by atoms with E-state index in [-0.39, 0.29) is 24.0 Å². The molecule has 2 aliphatic heterocycles. The van der Waals surface area contributed by atoms with Crippen LogP contribution in [-0.2, 0) is 4.79 Å². The Morgan fingerprint density at radius 2 is 1.88 bits per heavy atom. The third-order valence-electron chi connectivity index (χ3n) is 3.80. The molecule has 0 N–H and O–H groups in total. The molecule has 2 saturated heterocycles. The fourth-order valence-corrected chi connectivity index (χ4v) is 4.04. The van der Waals surface area contributed by atoms with Crippen molar-refractivity contribution in [2.24, 2.45) is 0 Å². The first kappa shape index (κ1) is 10.4. The maximum absolute atomic E-state index is 12.1. The zero-order chi connectivity index (χ0) is 11.1. The number of nitrogens with zero attached hydrogens (tertiary/aromatic N) is 2. The van der Waals surface area contributed by atoms with E-state index in [0.717, 1.165) is 31.4 Å². The largest absolute Gasteiger partial charge is 0.328 e. The van der Waals surface area contributed by atoms with Crippen LogP contribution in [0.3, 0.4) is 0 Å². The molecule has 4 nitrogen and oxygen atoms in total. The van der Waals surface area contributed by atoms with Gasteiger partial charge in [0.25, 0.3) is 5.91 Å². The van der Waals surface area contributed by atoms with Gasteiger partial charge in [0, 0.05) is 11.8 Å². The number of fused-ring (bicyclic) bond motifs is 1. The average Bonchev–Trinajstić information content (AvgIpc) is 2.86. The van der Waals surface area contributed by atoms with Crippen LogP contribution in [0, 0.1) is 0 Å². The molecule has 0 radical (unpaired) electrons. The lowest BCUT2D eigenvalue weighted by Crippen LogP contribution is -2.42. The van der Waals surface area contributed by atoms with E-state index in [1.54, 1.807) is 21.6 Å². The monoisotopic (exact) mass is 240 g/mol. The van der Waals surface area contributed by atoms with E-state index >= 15 is 0 Å². The van der Waals surface area contributed by atoms with Gasteiger partial charge in [0.2, 0.25) is 0 Å². The number of rotatable bonds is 1. The van der Waals surface area contributed by atoms with Gasteiger partial charge in [-0.3, -0.25) is 9.69 Å². The molecule has 0 bridgehead atoms. The molecule has 0 spiro atoms. The summed E-state index contributed by atoms with van der Waals surface area (Å²) < 4.78 is 0. The van der Waals surface area contributed by atoms with Crippen molar-refractivity contribution >= 4 is 23.7 Å². The number of hydrogen-bond donors (Lipinski definition) is 0.